The quantitative estimate of drug-likeness (QED) is 0.840. The number of hydrogen-bond donors (Lipinski definition) is 1. The summed E-state index contributed by atoms with van der Waals surface area (Å²) < 4.78 is 0. The van der Waals surface area contributed by atoms with Crippen molar-refractivity contribution in [3.05, 3.63) is 34.9 Å². The molecule has 0 heterocycles. The number of hydrogen-bond acceptors (Lipinski definition) is 2. The molecule has 16 heavy (non-hydrogen) atoms. The number of rotatable bonds is 5. The van der Waals surface area contributed by atoms with E-state index in [1.807, 2.05) is 23.9 Å². The Balaban J connectivity index is 2.66. The molecule has 90 valence electrons. The second-order valence-electron chi connectivity index (χ2n) is 4.36. The van der Waals surface area contributed by atoms with Crippen LogP contribution < -0.4 is 0 Å². The highest BCUT2D eigenvalue weighted by Crippen LogP contribution is 2.25. The molecule has 2 heteroatoms. The van der Waals surface area contributed by atoms with Crippen LogP contribution in [0.25, 0.3) is 0 Å². The van der Waals surface area contributed by atoms with Crippen molar-refractivity contribution in [2.75, 3.05) is 5.75 Å². The Labute approximate surface area is 103 Å². The van der Waals surface area contributed by atoms with Crippen LogP contribution in [0.2, 0.25) is 0 Å². The number of aliphatic hydroxyl groups is 1. The third-order valence-electron chi connectivity index (χ3n) is 3.12. The largest absolute Gasteiger partial charge is 0.388 e. The van der Waals surface area contributed by atoms with Gasteiger partial charge in [-0.1, -0.05) is 32.0 Å². The minimum atomic E-state index is -0.334. The van der Waals surface area contributed by atoms with Crippen LogP contribution in [-0.2, 0) is 0 Å². The van der Waals surface area contributed by atoms with E-state index >= 15 is 0 Å². The number of aliphatic hydroxyl groups excluding tert-OH is 1. The average molecular weight is 238 g/mol. The molecular weight excluding hydrogens is 216 g/mol. The summed E-state index contributed by atoms with van der Waals surface area (Å²) in [5.74, 6) is 0.791. The van der Waals surface area contributed by atoms with Gasteiger partial charge in [-0.15, -0.1) is 0 Å². The molecule has 1 aromatic rings. The summed E-state index contributed by atoms with van der Waals surface area (Å²) in [6, 6.07) is 6.15. The van der Waals surface area contributed by atoms with E-state index in [1.54, 1.807) is 0 Å². The van der Waals surface area contributed by atoms with Crippen LogP contribution in [0.3, 0.4) is 0 Å². The summed E-state index contributed by atoms with van der Waals surface area (Å²) in [5, 5.41) is 10.8. The Kier molecular flexibility index (Phi) is 5.36. The third kappa shape index (κ3) is 3.53. The van der Waals surface area contributed by atoms with Gasteiger partial charge in [-0.25, -0.2) is 0 Å². The predicted molar refractivity (Wildman–Crippen MR) is 73.1 cm³/mol. The highest BCUT2D eigenvalue weighted by atomic mass is 32.2. The summed E-state index contributed by atoms with van der Waals surface area (Å²) in [5.41, 5.74) is 3.56. The summed E-state index contributed by atoms with van der Waals surface area (Å²) in [4.78, 5) is 0. The van der Waals surface area contributed by atoms with Crippen molar-refractivity contribution >= 4 is 11.8 Å². The zero-order valence-electron chi connectivity index (χ0n) is 10.7. The van der Waals surface area contributed by atoms with Crippen molar-refractivity contribution in [1.82, 2.24) is 0 Å². The van der Waals surface area contributed by atoms with Crippen LogP contribution in [0.1, 0.15) is 43.1 Å². The van der Waals surface area contributed by atoms with E-state index in [2.05, 4.69) is 33.8 Å². The molecule has 1 aromatic carbocycles. The second-order valence-corrected chi connectivity index (χ2v) is 5.83. The Bertz CT molecular complexity index is 336. The van der Waals surface area contributed by atoms with Gasteiger partial charge in [0.25, 0.3) is 0 Å². The number of aryl methyl sites for hydroxylation is 1. The lowest BCUT2D eigenvalue weighted by Crippen LogP contribution is -2.06. The lowest BCUT2D eigenvalue weighted by atomic mass is 10.0. The maximum absolute atomic E-state index is 10.1. The minimum absolute atomic E-state index is 0.334. The molecule has 0 aliphatic carbocycles. The van der Waals surface area contributed by atoms with Gasteiger partial charge in [0.15, 0.2) is 0 Å². The van der Waals surface area contributed by atoms with Gasteiger partial charge in [0, 0.05) is 11.0 Å². The van der Waals surface area contributed by atoms with E-state index in [4.69, 9.17) is 0 Å². The molecule has 0 aliphatic heterocycles. The summed E-state index contributed by atoms with van der Waals surface area (Å²) >= 11 is 1.84. The molecule has 0 saturated carbocycles. The van der Waals surface area contributed by atoms with Crippen LogP contribution in [0, 0.1) is 13.8 Å². The van der Waals surface area contributed by atoms with E-state index in [-0.39, 0.29) is 6.10 Å². The first-order valence-electron chi connectivity index (χ1n) is 5.92. The first kappa shape index (κ1) is 13.6. The molecule has 0 aliphatic rings. The minimum Gasteiger partial charge on any atom is -0.388 e. The highest BCUT2D eigenvalue weighted by Gasteiger charge is 2.12. The zero-order chi connectivity index (χ0) is 12.1. The van der Waals surface area contributed by atoms with Crippen molar-refractivity contribution in [3.63, 3.8) is 0 Å². The summed E-state index contributed by atoms with van der Waals surface area (Å²) in [6.45, 7) is 8.57. The van der Waals surface area contributed by atoms with Gasteiger partial charge < -0.3 is 5.11 Å². The SMILES string of the molecule is CCC(C)SCC(O)c1cccc(C)c1C. The maximum atomic E-state index is 10.1. The lowest BCUT2D eigenvalue weighted by molar-refractivity contribution is 0.203. The molecule has 0 bridgehead atoms. The maximum Gasteiger partial charge on any atom is 0.0883 e. The van der Waals surface area contributed by atoms with Crippen LogP contribution >= 0.6 is 11.8 Å². The average Bonchev–Trinajstić information content (AvgIpc) is 2.29. The molecule has 0 fully saturated rings. The van der Waals surface area contributed by atoms with Gasteiger partial charge in [0.2, 0.25) is 0 Å². The summed E-state index contributed by atoms with van der Waals surface area (Å²) in [6.07, 6.45) is 0.823. The molecule has 1 rings (SSSR count). The fraction of sp³-hybridized carbons (Fsp3) is 0.571. The topological polar surface area (TPSA) is 20.2 Å². The lowest BCUT2D eigenvalue weighted by Gasteiger charge is -2.16. The molecule has 0 amide bonds. The molecule has 0 spiro atoms. The Morgan fingerprint density at radius 2 is 2.00 bits per heavy atom. The van der Waals surface area contributed by atoms with E-state index in [9.17, 15) is 5.11 Å². The third-order valence-corrected chi connectivity index (χ3v) is 4.53. The monoisotopic (exact) mass is 238 g/mol. The second kappa shape index (κ2) is 6.31. The molecule has 0 aromatic heterocycles. The standard InChI is InChI=1S/C14H22OS/c1-5-11(3)16-9-14(15)13-8-6-7-10(2)12(13)4/h6-8,11,14-15H,5,9H2,1-4H3. The predicted octanol–water partition coefficient (Wildman–Crippen LogP) is 3.87. The molecule has 0 radical (unpaired) electrons. The van der Waals surface area contributed by atoms with Gasteiger partial charge in [0.1, 0.15) is 0 Å². The fourth-order valence-corrected chi connectivity index (χ4v) is 2.52. The molecule has 0 saturated heterocycles. The van der Waals surface area contributed by atoms with Gasteiger partial charge >= 0.3 is 0 Å². The van der Waals surface area contributed by atoms with Crippen LogP contribution in [0.5, 0.6) is 0 Å². The zero-order valence-corrected chi connectivity index (χ0v) is 11.5. The van der Waals surface area contributed by atoms with Gasteiger partial charge in [-0.05, 0) is 37.0 Å². The fourth-order valence-electron chi connectivity index (χ4n) is 1.60. The normalized spacial score (nSPS) is 14.8. The van der Waals surface area contributed by atoms with Gasteiger partial charge in [0.05, 0.1) is 6.10 Å². The van der Waals surface area contributed by atoms with Crippen LogP contribution in [0.15, 0.2) is 18.2 Å². The van der Waals surface area contributed by atoms with Crippen molar-refractivity contribution in [2.24, 2.45) is 0 Å². The smallest absolute Gasteiger partial charge is 0.0883 e. The van der Waals surface area contributed by atoms with Crippen LogP contribution in [0.4, 0.5) is 0 Å². The van der Waals surface area contributed by atoms with E-state index < -0.39 is 0 Å². The Morgan fingerprint density at radius 1 is 1.31 bits per heavy atom. The molecule has 2 unspecified atom stereocenters. The molecule has 1 nitrogen and oxygen atoms in total. The first-order chi connectivity index (χ1) is 7.56. The van der Waals surface area contributed by atoms with Crippen molar-refractivity contribution in [1.29, 1.82) is 0 Å². The number of benzene rings is 1. The number of thioether (sulfide) groups is 1. The van der Waals surface area contributed by atoms with Gasteiger partial charge in [-0.2, -0.15) is 11.8 Å². The van der Waals surface area contributed by atoms with Crippen molar-refractivity contribution < 1.29 is 5.11 Å². The Morgan fingerprint density at radius 3 is 2.62 bits per heavy atom. The van der Waals surface area contributed by atoms with Crippen LogP contribution in [-0.4, -0.2) is 16.1 Å². The molecule has 2 atom stereocenters. The molecular formula is C14H22OS. The highest BCUT2D eigenvalue weighted by molar-refractivity contribution is 7.99. The molecule has 1 N–H and O–H groups in total. The van der Waals surface area contributed by atoms with Crippen molar-refractivity contribution in [3.8, 4) is 0 Å². The van der Waals surface area contributed by atoms with Crippen molar-refractivity contribution in [2.45, 2.75) is 45.5 Å². The van der Waals surface area contributed by atoms with Gasteiger partial charge in [-0.3, -0.25) is 0 Å². The van der Waals surface area contributed by atoms with E-state index in [0.29, 0.717) is 5.25 Å². The van der Waals surface area contributed by atoms with E-state index in [1.165, 1.54) is 11.1 Å². The van der Waals surface area contributed by atoms with E-state index in [0.717, 1.165) is 17.7 Å². The Hall–Kier alpha value is -0.470. The summed E-state index contributed by atoms with van der Waals surface area (Å²) in [7, 11) is 0. The first-order valence-corrected chi connectivity index (χ1v) is 6.96.